The van der Waals surface area contributed by atoms with E-state index in [1.54, 1.807) is 0 Å². The lowest BCUT2D eigenvalue weighted by Crippen LogP contribution is -2.29. The van der Waals surface area contributed by atoms with Gasteiger partial charge in [0.2, 0.25) is 0 Å². The van der Waals surface area contributed by atoms with Gasteiger partial charge in [0.05, 0.1) is 13.2 Å². The van der Waals surface area contributed by atoms with Crippen LogP contribution in [0.25, 0.3) is 0 Å². The van der Waals surface area contributed by atoms with Gasteiger partial charge >= 0.3 is 19.8 Å². The molecule has 0 aromatic carbocycles. The molecule has 0 aliphatic rings. The van der Waals surface area contributed by atoms with Gasteiger partial charge in [-0.2, -0.15) is 0 Å². The number of unbranched alkanes of at least 4 members (excludes halogenated alkanes) is 50. The van der Waals surface area contributed by atoms with Gasteiger partial charge in [0, 0.05) is 19.4 Å². The molecule has 0 aliphatic carbocycles. The molecule has 10 heteroatoms. The molecule has 0 aliphatic heterocycles. The third kappa shape index (κ3) is 70.9. The lowest BCUT2D eigenvalue weighted by molar-refractivity contribution is -0.161. The van der Waals surface area contributed by atoms with Crippen LogP contribution < -0.4 is 5.73 Å². The third-order valence-corrected chi connectivity index (χ3v) is 17.7. The summed E-state index contributed by atoms with van der Waals surface area (Å²) in [5, 5.41) is 0. The van der Waals surface area contributed by atoms with E-state index < -0.39 is 26.5 Å². The summed E-state index contributed by atoms with van der Waals surface area (Å²) in [6, 6.07) is 0. The molecule has 2 atom stereocenters. The van der Waals surface area contributed by atoms with E-state index in [2.05, 4.69) is 62.5 Å². The Labute approximate surface area is 527 Å². The van der Waals surface area contributed by atoms with Crippen molar-refractivity contribution in [2.75, 3.05) is 26.4 Å². The van der Waals surface area contributed by atoms with Crippen LogP contribution in [0.5, 0.6) is 0 Å². The van der Waals surface area contributed by atoms with Gasteiger partial charge in [-0.3, -0.25) is 18.6 Å². The summed E-state index contributed by atoms with van der Waals surface area (Å²) in [4.78, 5) is 35.4. The SMILES string of the molecule is CCCCCCC/C=C\C/C=C\CCCCCCCCCCCCCCCCCCCCCCCCCCCCCCCC(=O)OC(COC(=O)CCCCCCCCCCCCC/C=C\C/C=C\CCCCCCC)COP(=O)(O)OCCN. The molecule has 9 nitrogen and oxygen atoms in total. The fraction of sp³-hybridized carbons (Fsp3) is 0.867. The minimum atomic E-state index is -4.39. The number of phosphoric acid groups is 1. The number of hydrogen-bond acceptors (Lipinski definition) is 8. The standard InChI is InChI=1S/C75H142NO8P/c1-3-5-7-9-11-13-15-17-19-21-23-25-27-28-29-30-31-32-33-34-35-36-37-38-39-40-41-42-43-44-46-48-50-52-54-56-58-60-62-64-66-68-75(78)84-73(72-83-85(79,80)82-70-69-76)71-81-74(77)67-65-63-61-59-57-55-53-51-49-47-45-26-24-22-20-18-16-14-12-10-8-6-4-2/h15-18,21-24,73H,3-14,19-20,25-72,76H2,1-2H3,(H,79,80)/b17-15-,18-16-,23-21-,24-22-. The summed E-state index contributed by atoms with van der Waals surface area (Å²) in [5.74, 6) is -0.810. The molecule has 85 heavy (non-hydrogen) atoms. The van der Waals surface area contributed by atoms with E-state index in [0.717, 1.165) is 44.9 Å². The van der Waals surface area contributed by atoms with Gasteiger partial charge in [-0.25, -0.2) is 4.57 Å². The number of esters is 2. The Bertz CT molecular complexity index is 1530. The third-order valence-electron chi connectivity index (χ3n) is 16.7. The van der Waals surface area contributed by atoms with Crippen molar-refractivity contribution >= 4 is 19.8 Å². The zero-order valence-electron chi connectivity index (χ0n) is 56.4. The first-order valence-corrected chi connectivity index (χ1v) is 38.6. The van der Waals surface area contributed by atoms with Crippen LogP contribution in [-0.4, -0.2) is 49.3 Å². The minimum Gasteiger partial charge on any atom is -0.462 e. The van der Waals surface area contributed by atoms with Gasteiger partial charge in [0.25, 0.3) is 0 Å². The summed E-state index contributed by atoms with van der Waals surface area (Å²) in [7, 11) is -4.39. The molecule has 0 saturated heterocycles. The highest BCUT2D eigenvalue weighted by Gasteiger charge is 2.26. The van der Waals surface area contributed by atoms with E-state index in [9.17, 15) is 19.0 Å². The molecule has 0 radical (unpaired) electrons. The van der Waals surface area contributed by atoms with Gasteiger partial charge in [0.1, 0.15) is 6.61 Å². The van der Waals surface area contributed by atoms with E-state index in [1.807, 2.05) is 0 Å². The maximum atomic E-state index is 12.8. The summed E-state index contributed by atoms with van der Waals surface area (Å²) < 4.78 is 33.2. The van der Waals surface area contributed by atoms with Crippen molar-refractivity contribution in [2.45, 2.75) is 392 Å². The molecule has 0 rings (SSSR count). The quantitative estimate of drug-likeness (QED) is 0.0264. The van der Waals surface area contributed by atoms with Crippen LogP contribution in [-0.2, 0) is 32.7 Å². The summed E-state index contributed by atoms with van der Waals surface area (Å²) in [6.07, 6.45) is 90.9. The van der Waals surface area contributed by atoms with Gasteiger partial charge in [-0.1, -0.05) is 345 Å². The molecular formula is C75H142NO8P. The number of hydrogen-bond donors (Lipinski definition) is 2. The van der Waals surface area contributed by atoms with Gasteiger partial charge < -0.3 is 20.1 Å². The van der Waals surface area contributed by atoms with Crippen LogP contribution in [0.2, 0.25) is 0 Å². The smallest absolute Gasteiger partial charge is 0.462 e. The Morgan fingerprint density at radius 1 is 0.353 bits per heavy atom. The maximum absolute atomic E-state index is 12.8. The predicted molar refractivity (Wildman–Crippen MR) is 367 cm³/mol. The van der Waals surface area contributed by atoms with E-state index in [1.165, 1.54) is 308 Å². The molecule has 3 N–H and O–H groups in total. The van der Waals surface area contributed by atoms with Crippen LogP contribution in [0.15, 0.2) is 48.6 Å². The van der Waals surface area contributed by atoms with Gasteiger partial charge in [-0.05, 0) is 77.0 Å². The molecular weight excluding hydrogens is 1070 g/mol. The predicted octanol–water partition coefficient (Wildman–Crippen LogP) is 24.4. The van der Waals surface area contributed by atoms with Crippen molar-refractivity contribution in [3.8, 4) is 0 Å². The fourth-order valence-corrected chi connectivity index (χ4v) is 11.9. The summed E-state index contributed by atoms with van der Waals surface area (Å²) >= 11 is 0. The van der Waals surface area contributed by atoms with Gasteiger partial charge in [-0.15, -0.1) is 0 Å². The Morgan fingerprint density at radius 3 is 0.894 bits per heavy atom. The van der Waals surface area contributed by atoms with E-state index in [0.29, 0.717) is 6.42 Å². The van der Waals surface area contributed by atoms with Crippen LogP contribution in [0, 0.1) is 0 Å². The zero-order chi connectivity index (χ0) is 61.6. The lowest BCUT2D eigenvalue weighted by Gasteiger charge is -2.19. The largest absolute Gasteiger partial charge is 0.472 e. The zero-order valence-corrected chi connectivity index (χ0v) is 57.3. The van der Waals surface area contributed by atoms with Crippen molar-refractivity contribution in [2.24, 2.45) is 5.73 Å². The summed E-state index contributed by atoms with van der Waals surface area (Å²) in [5.41, 5.74) is 5.40. The molecule has 0 bridgehead atoms. The first-order valence-electron chi connectivity index (χ1n) is 37.1. The van der Waals surface area contributed by atoms with Crippen molar-refractivity contribution in [3.63, 3.8) is 0 Å². The lowest BCUT2D eigenvalue weighted by atomic mass is 10.0. The van der Waals surface area contributed by atoms with Crippen molar-refractivity contribution in [3.05, 3.63) is 48.6 Å². The molecule has 0 spiro atoms. The number of allylic oxidation sites excluding steroid dienone is 8. The molecule has 0 saturated carbocycles. The topological polar surface area (TPSA) is 134 Å². The fourth-order valence-electron chi connectivity index (χ4n) is 11.2. The Kier molecular flexibility index (Phi) is 69.4. The average molecular weight is 1220 g/mol. The number of phosphoric ester groups is 1. The Balaban J connectivity index is 3.75. The van der Waals surface area contributed by atoms with Crippen molar-refractivity contribution < 1.29 is 37.6 Å². The van der Waals surface area contributed by atoms with E-state index in [-0.39, 0.29) is 38.6 Å². The van der Waals surface area contributed by atoms with Crippen LogP contribution in [0.4, 0.5) is 0 Å². The van der Waals surface area contributed by atoms with Crippen LogP contribution >= 0.6 is 7.82 Å². The number of ether oxygens (including phenoxy) is 2. The number of carbonyl (C=O) groups is 2. The first kappa shape index (κ1) is 83.0. The second-order valence-electron chi connectivity index (χ2n) is 25.2. The molecule has 0 amide bonds. The number of rotatable bonds is 71. The maximum Gasteiger partial charge on any atom is 0.472 e. The van der Waals surface area contributed by atoms with E-state index >= 15 is 0 Å². The second kappa shape index (κ2) is 71.1. The minimum absolute atomic E-state index is 0.0548. The second-order valence-corrected chi connectivity index (χ2v) is 26.6. The highest BCUT2D eigenvalue weighted by Crippen LogP contribution is 2.43. The van der Waals surface area contributed by atoms with Crippen molar-refractivity contribution in [1.29, 1.82) is 0 Å². The van der Waals surface area contributed by atoms with Crippen LogP contribution in [0.3, 0.4) is 0 Å². The van der Waals surface area contributed by atoms with Crippen LogP contribution in [0.1, 0.15) is 386 Å². The molecule has 0 aromatic rings. The van der Waals surface area contributed by atoms with Gasteiger partial charge in [0.15, 0.2) is 6.10 Å². The highest BCUT2D eigenvalue weighted by molar-refractivity contribution is 7.47. The molecule has 2 unspecified atom stereocenters. The number of carbonyl (C=O) groups excluding carboxylic acids is 2. The normalized spacial score (nSPS) is 13.1. The average Bonchev–Trinajstić information content (AvgIpc) is 3.52. The Morgan fingerprint density at radius 2 is 0.612 bits per heavy atom. The molecule has 0 fully saturated rings. The molecule has 0 aromatic heterocycles. The molecule has 500 valence electrons. The van der Waals surface area contributed by atoms with Crippen molar-refractivity contribution in [1.82, 2.24) is 0 Å². The first-order chi connectivity index (χ1) is 41.8. The highest BCUT2D eigenvalue weighted by atomic mass is 31.2. The Hall–Kier alpha value is -2.03. The number of nitrogens with two attached hydrogens (primary N) is 1. The van der Waals surface area contributed by atoms with E-state index in [4.69, 9.17) is 24.3 Å². The monoisotopic (exact) mass is 1220 g/mol. The molecule has 0 heterocycles. The summed E-state index contributed by atoms with van der Waals surface area (Å²) in [6.45, 7) is 3.78.